The molecular formula is C20H23NO3S. The molecule has 5 heteroatoms. The number of ether oxygens (including phenoxy) is 1. The molecule has 0 spiro atoms. The van der Waals surface area contributed by atoms with Gasteiger partial charge in [0.25, 0.3) is 5.91 Å². The fourth-order valence-corrected chi connectivity index (χ4v) is 4.08. The largest absolute Gasteiger partial charge is 0.426 e. The zero-order chi connectivity index (χ0) is 18.0. The van der Waals surface area contributed by atoms with Crippen LogP contribution in [0.1, 0.15) is 39.2 Å². The molecule has 0 saturated carbocycles. The van der Waals surface area contributed by atoms with Gasteiger partial charge in [-0.2, -0.15) is 0 Å². The minimum atomic E-state index is -0.182. The molecule has 2 aromatic rings. The zero-order valence-corrected chi connectivity index (χ0v) is 15.7. The van der Waals surface area contributed by atoms with Crippen LogP contribution < -0.4 is 4.74 Å². The standard InChI is InChI=1S/C20H23NO3S/c1-13-11-14(2)18(15(3)12-13)24-20(23)16-6-8-21(9-7-16)19(22)17-5-4-10-25-17/h4-5,10-12,16H,6-9H2,1-3H3. The number of rotatable bonds is 3. The highest BCUT2D eigenvalue weighted by Gasteiger charge is 2.29. The Balaban J connectivity index is 1.60. The minimum Gasteiger partial charge on any atom is -0.426 e. The first-order chi connectivity index (χ1) is 12.0. The van der Waals surface area contributed by atoms with E-state index in [1.165, 1.54) is 11.3 Å². The molecule has 3 rings (SSSR count). The normalized spacial score (nSPS) is 15.2. The maximum absolute atomic E-state index is 12.5. The predicted octanol–water partition coefficient (Wildman–Crippen LogP) is 4.13. The average molecular weight is 357 g/mol. The van der Waals surface area contributed by atoms with Gasteiger partial charge in [-0.05, 0) is 56.2 Å². The number of likely N-dealkylation sites (tertiary alicyclic amines) is 1. The number of hydrogen-bond acceptors (Lipinski definition) is 4. The lowest BCUT2D eigenvalue weighted by Crippen LogP contribution is -2.40. The lowest BCUT2D eigenvalue weighted by Gasteiger charge is -2.30. The van der Waals surface area contributed by atoms with E-state index in [9.17, 15) is 9.59 Å². The van der Waals surface area contributed by atoms with Crippen LogP contribution in [0.15, 0.2) is 29.6 Å². The third-order valence-corrected chi connectivity index (χ3v) is 5.51. The minimum absolute atomic E-state index is 0.0621. The Hall–Kier alpha value is -2.14. The molecule has 1 amide bonds. The highest BCUT2D eigenvalue weighted by atomic mass is 32.1. The highest BCUT2D eigenvalue weighted by Crippen LogP contribution is 2.28. The van der Waals surface area contributed by atoms with Gasteiger partial charge < -0.3 is 9.64 Å². The Morgan fingerprint density at radius 2 is 1.76 bits per heavy atom. The summed E-state index contributed by atoms with van der Waals surface area (Å²) in [7, 11) is 0. The molecule has 1 aromatic heterocycles. The second-order valence-electron chi connectivity index (χ2n) is 6.69. The van der Waals surface area contributed by atoms with E-state index in [2.05, 4.69) is 0 Å². The first-order valence-electron chi connectivity index (χ1n) is 8.58. The molecule has 25 heavy (non-hydrogen) atoms. The maximum Gasteiger partial charge on any atom is 0.314 e. The summed E-state index contributed by atoms with van der Waals surface area (Å²) in [6.07, 6.45) is 1.31. The van der Waals surface area contributed by atoms with E-state index in [1.54, 1.807) is 0 Å². The van der Waals surface area contributed by atoms with Gasteiger partial charge in [-0.15, -0.1) is 11.3 Å². The third kappa shape index (κ3) is 3.93. The number of amides is 1. The lowest BCUT2D eigenvalue weighted by molar-refractivity contribution is -0.140. The van der Waals surface area contributed by atoms with Crippen molar-refractivity contribution in [3.8, 4) is 5.75 Å². The van der Waals surface area contributed by atoms with Gasteiger partial charge in [-0.25, -0.2) is 0 Å². The van der Waals surface area contributed by atoms with Gasteiger partial charge in [0.05, 0.1) is 10.8 Å². The predicted molar refractivity (Wildman–Crippen MR) is 99.2 cm³/mol. The van der Waals surface area contributed by atoms with Crippen LogP contribution in [-0.2, 0) is 4.79 Å². The molecule has 4 nitrogen and oxygen atoms in total. The third-order valence-electron chi connectivity index (χ3n) is 4.65. The Morgan fingerprint density at radius 3 is 2.32 bits per heavy atom. The van der Waals surface area contributed by atoms with Crippen LogP contribution in [0.5, 0.6) is 5.75 Å². The molecule has 2 heterocycles. The SMILES string of the molecule is Cc1cc(C)c(OC(=O)C2CCN(C(=O)c3cccs3)CC2)c(C)c1. The van der Waals surface area contributed by atoms with Crippen LogP contribution in [0.2, 0.25) is 0 Å². The molecule has 1 aromatic carbocycles. The number of carbonyl (C=O) groups is 2. The summed E-state index contributed by atoms with van der Waals surface area (Å²) in [5.74, 6) is 0.408. The molecule has 0 aliphatic carbocycles. The van der Waals surface area contributed by atoms with E-state index in [0.29, 0.717) is 31.7 Å². The van der Waals surface area contributed by atoms with Gasteiger partial charge in [0.15, 0.2) is 0 Å². The monoisotopic (exact) mass is 357 g/mol. The van der Waals surface area contributed by atoms with Crippen LogP contribution >= 0.6 is 11.3 Å². The Kier molecular flexibility index (Phi) is 5.23. The second-order valence-corrected chi connectivity index (χ2v) is 7.64. The van der Waals surface area contributed by atoms with Crippen LogP contribution in [0.25, 0.3) is 0 Å². The molecule has 0 unspecified atom stereocenters. The molecule has 1 aliphatic rings. The molecule has 1 fully saturated rings. The summed E-state index contributed by atoms with van der Waals surface area (Å²) < 4.78 is 5.70. The van der Waals surface area contributed by atoms with Gasteiger partial charge in [0.1, 0.15) is 5.75 Å². The summed E-state index contributed by atoms with van der Waals surface area (Å²) in [5.41, 5.74) is 3.13. The van der Waals surface area contributed by atoms with E-state index in [-0.39, 0.29) is 17.8 Å². The van der Waals surface area contributed by atoms with Gasteiger partial charge in [-0.1, -0.05) is 23.8 Å². The number of aryl methyl sites for hydroxylation is 3. The molecular weight excluding hydrogens is 334 g/mol. The van der Waals surface area contributed by atoms with Crippen molar-refractivity contribution in [1.82, 2.24) is 4.90 Å². The lowest BCUT2D eigenvalue weighted by atomic mass is 9.96. The van der Waals surface area contributed by atoms with E-state index in [1.807, 2.05) is 55.3 Å². The van der Waals surface area contributed by atoms with E-state index < -0.39 is 0 Å². The highest BCUT2D eigenvalue weighted by molar-refractivity contribution is 7.12. The number of hydrogen-bond donors (Lipinski definition) is 0. The van der Waals surface area contributed by atoms with Gasteiger partial charge in [-0.3, -0.25) is 9.59 Å². The Labute approximate surface area is 152 Å². The van der Waals surface area contributed by atoms with E-state index in [0.717, 1.165) is 21.6 Å². The smallest absolute Gasteiger partial charge is 0.314 e. The molecule has 1 saturated heterocycles. The fraction of sp³-hybridized carbons (Fsp3) is 0.400. The van der Waals surface area contributed by atoms with Crippen molar-refractivity contribution < 1.29 is 14.3 Å². The molecule has 0 bridgehead atoms. The van der Waals surface area contributed by atoms with Crippen molar-refractivity contribution in [2.75, 3.05) is 13.1 Å². The van der Waals surface area contributed by atoms with Gasteiger partial charge >= 0.3 is 5.97 Å². The number of piperidine rings is 1. The zero-order valence-electron chi connectivity index (χ0n) is 14.9. The molecule has 132 valence electrons. The van der Waals surface area contributed by atoms with Crippen molar-refractivity contribution in [3.63, 3.8) is 0 Å². The van der Waals surface area contributed by atoms with Crippen molar-refractivity contribution in [2.24, 2.45) is 5.92 Å². The van der Waals surface area contributed by atoms with Crippen LogP contribution in [0, 0.1) is 26.7 Å². The summed E-state index contributed by atoms with van der Waals surface area (Å²) in [4.78, 5) is 27.5. The second kappa shape index (κ2) is 7.40. The van der Waals surface area contributed by atoms with Crippen molar-refractivity contribution >= 4 is 23.2 Å². The quantitative estimate of drug-likeness (QED) is 0.613. The Bertz CT molecular complexity index is 751. The molecule has 1 aliphatic heterocycles. The number of benzene rings is 1. The van der Waals surface area contributed by atoms with Gasteiger partial charge in [0, 0.05) is 13.1 Å². The first kappa shape index (κ1) is 17.7. The number of thiophene rings is 1. The fourth-order valence-electron chi connectivity index (χ4n) is 3.39. The average Bonchev–Trinajstić information content (AvgIpc) is 3.12. The topological polar surface area (TPSA) is 46.6 Å². The van der Waals surface area contributed by atoms with Gasteiger partial charge in [0.2, 0.25) is 0 Å². The maximum atomic E-state index is 12.5. The summed E-state index contributed by atoms with van der Waals surface area (Å²) in [6.45, 7) is 7.16. The van der Waals surface area contributed by atoms with E-state index in [4.69, 9.17) is 4.74 Å². The number of esters is 1. The first-order valence-corrected chi connectivity index (χ1v) is 9.46. The van der Waals surface area contributed by atoms with Crippen LogP contribution in [-0.4, -0.2) is 29.9 Å². The van der Waals surface area contributed by atoms with Crippen LogP contribution in [0.4, 0.5) is 0 Å². The molecule has 0 atom stereocenters. The van der Waals surface area contributed by atoms with Crippen molar-refractivity contribution in [3.05, 3.63) is 51.2 Å². The molecule has 0 radical (unpaired) electrons. The molecule has 0 N–H and O–H groups in total. The Morgan fingerprint density at radius 1 is 1.12 bits per heavy atom. The summed E-state index contributed by atoms with van der Waals surface area (Å²) >= 11 is 1.46. The summed E-state index contributed by atoms with van der Waals surface area (Å²) in [6, 6.07) is 7.78. The number of nitrogens with zero attached hydrogens (tertiary/aromatic N) is 1. The van der Waals surface area contributed by atoms with Crippen molar-refractivity contribution in [1.29, 1.82) is 0 Å². The van der Waals surface area contributed by atoms with Crippen molar-refractivity contribution in [2.45, 2.75) is 33.6 Å². The summed E-state index contributed by atoms with van der Waals surface area (Å²) in [5, 5.41) is 1.91. The van der Waals surface area contributed by atoms with E-state index >= 15 is 0 Å². The van der Waals surface area contributed by atoms with Crippen LogP contribution in [0.3, 0.4) is 0 Å². The number of carbonyl (C=O) groups excluding carboxylic acids is 2.